The second-order valence-electron chi connectivity index (χ2n) is 5.22. The number of amides is 2. The van der Waals surface area contributed by atoms with E-state index in [1.807, 2.05) is 13.0 Å². The van der Waals surface area contributed by atoms with Crippen LogP contribution >= 0.6 is 24.2 Å². The number of hydrogen-bond acceptors (Lipinski definition) is 5. The van der Waals surface area contributed by atoms with Crippen molar-refractivity contribution in [1.29, 1.82) is 0 Å². The number of furan rings is 1. The summed E-state index contributed by atoms with van der Waals surface area (Å²) in [5.41, 5.74) is 2.25. The van der Waals surface area contributed by atoms with E-state index in [0.29, 0.717) is 11.4 Å². The first-order valence-corrected chi connectivity index (χ1v) is 8.36. The number of rotatable bonds is 4. The highest BCUT2D eigenvalue weighted by molar-refractivity contribution is 7.99. The van der Waals surface area contributed by atoms with Gasteiger partial charge in [0.05, 0.1) is 12.3 Å². The number of benzene rings is 1. The van der Waals surface area contributed by atoms with Crippen molar-refractivity contribution >= 4 is 47.4 Å². The topological polar surface area (TPSA) is 83.4 Å². The van der Waals surface area contributed by atoms with E-state index in [2.05, 4.69) is 16.0 Å². The minimum absolute atomic E-state index is 0. The Bertz CT molecular complexity index is 715. The third-order valence-corrected chi connectivity index (χ3v) is 4.46. The van der Waals surface area contributed by atoms with Crippen molar-refractivity contribution < 1.29 is 14.0 Å². The molecule has 1 fully saturated rings. The smallest absolute Gasteiger partial charge is 0.291 e. The van der Waals surface area contributed by atoms with Gasteiger partial charge in [-0.25, -0.2) is 0 Å². The summed E-state index contributed by atoms with van der Waals surface area (Å²) in [5.74, 6) is 1.49. The van der Waals surface area contributed by atoms with E-state index in [1.165, 1.54) is 6.26 Å². The first-order valence-electron chi connectivity index (χ1n) is 7.21. The minimum Gasteiger partial charge on any atom is -0.459 e. The number of anilines is 2. The molecular formula is C16H18ClN3O3S. The minimum atomic E-state index is -0.304. The summed E-state index contributed by atoms with van der Waals surface area (Å²) in [7, 11) is 0. The summed E-state index contributed by atoms with van der Waals surface area (Å²) >= 11 is 1.70. The number of hydrogen-bond donors (Lipinski definition) is 3. The first kappa shape index (κ1) is 18.4. The number of carbonyl (C=O) groups is 2. The molecule has 2 heterocycles. The largest absolute Gasteiger partial charge is 0.459 e. The highest BCUT2D eigenvalue weighted by Gasteiger charge is 2.22. The first-order chi connectivity index (χ1) is 11.1. The van der Waals surface area contributed by atoms with Crippen LogP contribution in [0.2, 0.25) is 0 Å². The molecule has 24 heavy (non-hydrogen) atoms. The molecule has 0 saturated carbocycles. The third-order valence-electron chi connectivity index (χ3n) is 3.52. The molecule has 8 heteroatoms. The number of thioether (sulfide) groups is 1. The van der Waals surface area contributed by atoms with Gasteiger partial charge in [-0.15, -0.1) is 24.2 Å². The molecule has 1 atom stereocenters. The van der Waals surface area contributed by atoms with Crippen LogP contribution in [0.1, 0.15) is 16.1 Å². The fraction of sp³-hybridized carbons (Fsp3) is 0.250. The molecule has 6 nitrogen and oxygen atoms in total. The van der Waals surface area contributed by atoms with E-state index in [0.717, 1.165) is 17.2 Å². The molecule has 3 rings (SSSR count). The fourth-order valence-corrected chi connectivity index (χ4v) is 3.21. The molecule has 0 aliphatic carbocycles. The molecule has 0 spiro atoms. The van der Waals surface area contributed by atoms with Gasteiger partial charge in [0, 0.05) is 23.0 Å². The molecule has 1 aromatic heterocycles. The van der Waals surface area contributed by atoms with Crippen LogP contribution in [0.5, 0.6) is 0 Å². The Kier molecular flexibility index (Phi) is 6.30. The van der Waals surface area contributed by atoms with Gasteiger partial charge in [-0.2, -0.15) is 0 Å². The van der Waals surface area contributed by atoms with Gasteiger partial charge in [-0.05, 0) is 42.8 Å². The Morgan fingerprint density at radius 1 is 1.29 bits per heavy atom. The second kappa shape index (κ2) is 8.23. The fourth-order valence-electron chi connectivity index (χ4n) is 2.27. The van der Waals surface area contributed by atoms with Crippen LogP contribution in [0.4, 0.5) is 11.4 Å². The standard InChI is InChI=1S/C16H17N3O3S.ClH/c1-10-7-11(18-15(20)13-8-23-9-17-13)4-5-12(10)19-16(21)14-3-2-6-22-14;/h2-7,13,17H,8-9H2,1H3,(H,18,20)(H,19,21);1H. The van der Waals surface area contributed by atoms with Gasteiger partial charge in [0.25, 0.3) is 5.91 Å². The number of halogens is 1. The van der Waals surface area contributed by atoms with Crippen LogP contribution in [0, 0.1) is 6.92 Å². The van der Waals surface area contributed by atoms with Crippen LogP contribution in [0.25, 0.3) is 0 Å². The van der Waals surface area contributed by atoms with Gasteiger partial charge < -0.3 is 15.1 Å². The molecule has 1 aromatic carbocycles. The Hall–Kier alpha value is -1.96. The van der Waals surface area contributed by atoms with Crippen molar-refractivity contribution in [1.82, 2.24) is 5.32 Å². The van der Waals surface area contributed by atoms with E-state index in [9.17, 15) is 9.59 Å². The summed E-state index contributed by atoms with van der Waals surface area (Å²) in [4.78, 5) is 24.1. The average molecular weight is 368 g/mol. The lowest BCUT2D eigenvalue weighted by Crippen LogP contribution is -2.37. The van der Waals surface area contributed by atoms with Gasteiger partial charge >= 0.3 is 0 Å². The molecule has 2 aromatic rings. The molecule has 0 radical (unpaired) electrons. The van der Waals surface area contributed by atoms with Crippen molar-refractivity contribution in [2.75, 3.05) is 22.3 Å². The molecule has 1 aliphatic rings. The van der Waals surface area contributed by atoms with E-state index in [-0.39, 0.29) is 36.0 Å². The number of nitrogens with one attached hydrogen (secondary N) is 3. The van der Waals surface area contributed by atoms with E-state index < -0.39 is 0 Å². The maximum absolute atomic E-state index is 12.1. The average Bonchev–Trinajstić information content (AvgIpc) is 3.23. The molecule has 128 valence electrons. The number of carbonyl (C=O) groups excluding carboxylic acids is 2. The molecular weight excluding hydrogens is 350 g/mol. The summed E-state index contributed by atoms with van der Waals surface area (Å²) < 4.78 is 5.06. The van der Waals surface area contributed by atoms with Crippen molar-refractivity contribution in [2.45, 2.75) is 13.0 Å². The monoisotopic (exact) mass is 367 g/mol. The maximum Gasteiger partial charge on any atom is 0.291 e. The van der Waals surface area contributed by atoms with Crippen molar-refractivity contribution in [2.24, 2.45) is 0 Å². The summed E-state index contributed by atoms with van der Waals surface area (Å²) in [6, 6.07) is 8.48. The van der Waals surface area contributed by atoms with Crippen molar-refractivity contribution in [3.63, 3.8) is 0 Å². The highest BCUT2D eigenvalue weighted by atomic mass is 35.5. The molecule has 0 bridgehead atoms. The van der Waals surface area contributed by atoms with Gasteiger partial charge in [-0.1, -0.05) is 0 Å². The molecule has 1 unspecified atom stereocenters. The SMILES string of the molecule is Cc1cc(NC(=O)C2CSCN2)ccc1NC(=O)c1ccco1.Cl. The van der Waals surface area contributed by atoms with Crippen LogP contribution in [-0.4, -0.2) is 29.5 Å². The predicted molar refractivity (Wildman–Crippen MR) is 98.0 cm³/mol. The van der Waals surface area contributed by atoms with Crippen LogP contribution in [0.3, 0.4) is 0 Å². The quantitative estimate of drug-likeness (QED) is 0.774. The van der Waals surface area contributed by atoms with Gasteiger partial charge in [-0.3, -0.25) is 14.9 Å². The Labute approximate surface area is 150 Å². The molecule has 1 aliphatic heterocycles. The van der Waals surface area contributed by atoms with Gasteiger partial charge in [0.1, 0.15) is 0 Å². The van der Waals surface area contributed by atoms with Crippen molar-refractivity contribution in [3.05, 3.63) is 47.9 Å². The van der Waals surface area contributed by atoms with Crippen LogP contribution in [-0.2, 0) is 4.79 Å². The molecule has 1 saturated heterocycles. The van der Waals surface area contributed by atoms with Crippen LogP contribution < -0.4 is 16.0 Å². The summed E-state index contributed by atoms with van der Waals surface area (Å²) in [6.45, 7) is 1.87. The highest BCUT2D eigenvalue weighted by Crippen LogP contribution is 2.21. The Morgan fingerprint density at radius 2 is 2.12 bits per heavy atom. The molecule has 2 amide bonds. The van der Waals surface area contributed by atoms with Crippen LogP contribution in [0.15, 0.2) is 41.0 Å². The zero-order valence-electron chi connectivity index (χ0n) is 13.0. The lowest BCUT2D eigenvalue weighted by molar-refractivity contribution is -0.117. The lowest BCUT2D eigenvalue weighted by atomic mass is 10.1. The van der Waals surface area contributed by atoms with Gasteiger partial charge in [0.2, 0.25) is 5.91 Å². The third kappa shape index (κ3) is 4.31. The second-order valence-corrected chi connectivity index (χ2v) is 6.25. The van der Waals surface area contributed by atoms with Crippen molar-refractivity contribution in [3.8, 4) is 0 Å². The Morgan fingerprint density at radius 3 is 2.75 bits per heavy atom. The predicted octanol–water partition coefficient (Wildman–Crippen LogP) is 2.86. The lowest BCUT2D eigenvalue weighted by Gasteiger charge is -2.13. The zero-order chi connectivity index (χ0) is 16.2. The van der Waals surface area contributed by atoms with E-state index >= 15 is 0 Å². The Balaban J connectivity index is 0.00000208. The number of aryl methyl sites for hydroxylation is 1. The molecule has 3 N–H and O–H groups in total. The van der Waals surface area contributed by atoms with Gasteiger partial charge in [0.15, 0.2) is 5.76 Å². The van der Waals surface area contributed by atoms with E-state index in [1.54, 1.807) is 36.0 Å². The van der Waals surface area contributed by atoms with E-state index in [4.69, 9.17) is 4.42 Å². The summed E-state index contributed by atoms with van der Waals surface area (Å²) in [6.07, 6.45) is 1.45. The summed E-state index contributed by atoms with van der Waals surface area (Å²) in [5, 5.41) is 8.80. The normalized spacial score (nSPS) is 16.3. The zero-order valence-corrected chi connectivity index (χ0v) is 14.6. The maximum atomic E-state index is 12.1.